The molecule has 9 atom stereocenters. The molecule has 0 amide bonds. The summed E-state index contributed by atoms with van der Waals surface area (Å²) in [6.07, 6.45) is -74.1. The Morgan fingerprint density at radius 2 is 0.589 bits per heavy atom. The van der Waals surface area contributed by atoms with Crippen molar-refractivity contribution in [3.8, 4) is 0 Å². The van der Waals surface area contributed by atoms with Gasteiger partial charge in [0.25, 0.3) is 0 Å². The largest absolute Gasteiger partial charge is 0.513 e. The fourth-order valence-corrected chi connectivity index (χ4v) is 9.19. The van der Waals surface area contributed by atoms with Gasteiger partial charge in [0.2, 0.25) is 0 Å². The molecule has 0 fully saturated rings. The molecule has 0 aromatic heterocycles. The summed E-state index contributed by atoms with van der Waals surface area (Å²) in [5.74, 6) is -53.0. The van der Waals surface area contributed by atoms with Crippen LogP contribution in [0.25, 0.3) is 0 Å². The topological polar surface area (TPSA) is 27.7 Å². The molecule has 0 aliphatic carbocycles. The van der Waals surface area contributed by atoms with Crippen LogP contribution >= 0.6 is 11.6 Å². The summed E-state index contributed by atoms with van der Waals surface area (Å²) in [5.41, 5.74) is -5.49. The minimum absolute atomic E-state index is 0.195. The van der Waals surface area contributed by atoms with Crippen LogP contribution in [0.1, 0.15) is 12.8 Å². The van der Waals surface area contributed by atoms with Gasteiger partial charge in [0.05, 0.1) is 47.3 Å². The average molecular weight is 937 g/mol. The van der Waals surface area contributed by atoms with Crippen molar-refractivity contribution in [1.82, 2.24) is 0 Å². The van der Waals surface area contributed by atoms with Crippen molar-refractivity contribution < 1.29 is 132 Å². The molecule has 0 bridgehead atoms. The third kappa shape index (κ3) is 13.0. The molecule has 0 aromatic carbocycles. The highest BCUT2D eigenvalue weighted by molar-refractivity contribution is 6.62. The van der Waals surface area contributed by atoms with Crippen LogP contribution in [-0.4, -0.2) is 91.6 Å². The molecule has 0 aromatic rings. The van der Waals surface area contributed by atoms with Crippen molar-refractivity contribution >= 4 is 20.4 Å². The van der Waals surface area contributed by atoms with Crippen molar-refractivity contribution in [2.45, 2.75) is 74.0 Å². The van der Waals surface area contributed by atoms with Crippen LogP contribution in [0.2, 0.25) is 5.54 Å². The second-order valence-corrected chi connectivity index (χ2v) is 15.1. The molecule has 32 heteroatoms. The molecule has 0 heterocycles. The Morgan fingerprint density at radius 3 is 0.768 bits per heavy atom. The fraction of sp³-hybridized carbons (Fsp3) is 1.00. The fourth-order valence-electron chi connectivity index (χ4n) is 6.53. The Hall–Kier alpha value is -1.50. The molecule has 0 spiro atoms. The molecule has 0 radical (unpaired) electrons. The number of alkyl halides is 28. The van der Waals surface area contributed by atoms with Gasteiger partial charge in [-0.3, -0.25) is 0 Å². The van der Waals surface area contributed by atoms with E-state index in [0.29, 0.717) is 0 Å². The molecule has 0 aliphatic heterocycles. The van der Waals surface area contributed by atoms with Crippen molar-refractivity contribution in [2.24, 2.45) is 47.3 Å². The first-order valence-corrected chi connectivity index (χ1v) is 16.5. The molecule has 3 nitrogen and oxygen atoms in total. The van der Waals surface area contributed by atoms with Gasteiger partial charge in [-0.1, -0.05) is 0 Å². The minimum atomic E-state index is -8.24. The zero-order valence-electron chi connectivity index (χ0n) is 27.1. The smallest absolute Gasteiger partial charge is 0.376 e. The highest BCUT2D eigenvalue weighted by Gasteiger charge is 2.81. The summed E-state index contributed by atoms with van der Waals surface area (Å²) >= 11 is 4.96. The summed E-state index contributed by atoms with van der Waals surface area (Å²) < 4.78 is 400. The third-order valence-electron chi connectivity index (χ3n) is 8.42. The lowest BCUT2D eigenvalue weighted by Gasteiger charge is -2.49. The molecular formula is C24H24ClF27O3Si. The van der Waals surface area contributed by atoms with E-state index in [1.165, 1.54) is 0 Å². The van der Waals surface area contributed by atoms with Gasteiger partial charge in [-0.05, 0) is 12.8 Å². The zero-order valence-corrected chi connectivity index (χ0v) is 28.9. The van der Waals surface area contributed by atoms with E-state index in [0.717, 1.165) is 0 Å². The molecule has 0 aliphatic rings. The van der Waals surface area contributed by atoms with Gasteiger partial charge in [-0.25, -0.2) is 0 Å². The highest BCUT2D eigenvalue weighted by Crippen LogP contribution is 2.66. The Labute approximate surface area is 301 Å². The van der Waals surface area contributed by atoms with Crippen LogP contribution in [0.4, 0.5) is 119 Å². The SMILES string of the molecule is CO[Si](OC)(OC)C(C(C(C(C(C(C(C(C(CCCCl)C(F)(F)F)C(F)(F)F)C(F)(F)F)C(F)(F)F)C(F)(F)F)C(F)(F)F)C(F)(F)F)C(F)(F)F)C(F)(F)F. The van der Waals surface area contributed by atoms with E-state index >= 15 is 0 Å². The van der Waals surface area contributed by atoms with Gasteiger partial charge < -0.3 is 13.3 Å². The van der Waals surface area contributed by atoms with Crippen molar-refractivity contribution in [3.63, 3.8) is 0 Å². The number of rotatable bonds is 15. The standard InChI is InChI=1S/C24H24ClF27O3Si/c1-53-56(54-2,55-3)15(24(50,51)52)14(23(47,48)49)13(22(44,45)46)12(21(41,42)43)11(20(38,39)40)10(19(35,36)37)9(18(32,33)34)8(17(29,30)31)7(5-4-6-25)16(26,27)28/h7-15H,4-6H2,1-3H3. The zero-order chi connectivity index (χ0) is 45.4. The first-order valence-electron chi connectivity index (χ1n) is 14.2. The van der Waals surface area contributed by atoms with E-state index in [1.54, 1.807) is 0 Å². The lowest BCUT2D eigenvalue weighted by atomic mass is 9.61. The van der Waals surface area contributed by atoms with E-state index in [9.17, 15) is 119 Å². The molecule has 56 heavy (non-hydrogen) atoms. The quantitative estimate of drug-likeness (QED) is 0.0930. The van der Waals surface area contributed by atoms with Gasteiger partial charge in [-0.2, -0.15) is 119 Å². The molecule has 0 saturated heterocycles. The van der Waals surface area contributed by atoms with Gasteiger partial charge in [0.15, 0.2) is 0 Å². The second kappa shape index (κ2) is 17.6. The molecule has 9 unspecified atom stereocenters. The van der Waals surface area contributed by atoms with E-state index in [-0.39, 0.29) is 21.3 Å². The van der Waals surface area contributed by atoms with Crippen molar-refractivity contribution in [2.75, 3.05) is 27.2 Å². The highest BCUT2D eigenvalue weighted by atomic mass is 35.5. The summed E-state index contributed by atoms with van der Waals surface area (Å²) in [4.78, 5) is 0. The first kappa shape index (κ1) is 54.5. The number of hydrogen-bond acceptors (Lipinski definition) is 3. The predicted molar refractivity (Wildman–Crippen MR) is 133 cm³/mol. The normalized spacial score (nSPS) is 20.2. The summed E-state index contributed by atoms with van der Waals surface area (Å²) in [7, 11) is -7.45. The van der Waals surface area contributed by atoms with Crippen LogP contribution in [-0.2, 0) is 13.3 Å². The maximum absolute atomic E-state index is 14.6. The summed E-state index contributed by atoms with van der Waals surface area (Å²) in [6, 6.07) is 0. The first-order chi connectivity index (χ1) is 24.4. The molecular weight excluding hydrogens is 913 g/mol. The van der Waals surface area contributed by atoms with Crippen LogP contribution in [0.5, 0.6) is 0 Å². The Kier molecular flexibility index (Phi) is 17.1. The summed E-state index contributed by atoms with van der Waals surface area (Å²) in [6.45, 7) is 0. The van der Waals surface area contributed by atoms with E-state index in [2.05, 4.69) is 13.3 Å². The van der Waals surface area contributed by atoms with Gasteiger partial charge >= 0.3 is 64.4 Å². The van der Waals surface area contributed by atoms with Crippen molar-refractivity contribution in [1.29, 1.82) is 0 Å². The molecule has 0 N–H and O–H groups in total. The summed E-state index contributed by atoms with van der Waals surface area (Å²) in [5, 5.41) is 0. The minimum Gasteiger partial charge on any atom is -0.376 e. The number of halogens is 28. The Bertz CT molecular complexity index is 1200. The lowest BCUT2D eigenvalue weighted by molar-refractivity contribution is -0.383. The van der Waals surface area contributed by atoms with E-state index < -0.39 is 136 Å². The Morgan fingerprint density at radius 1 is 0.357 bits per heavy atom. The maximum Gasteiger partial charge on any atom is 0.513 e. The van der Waals surface area contributed by atoms with Gasteiger partial charge in [0, 0.05) is 27.2 Å². The van der Waals surface area contributed by atoms with Crippen LogP contribution in [0.3, 0.4) is 0 Å². The molecule has 338 valence electrons. The van der Waals surface area contributed by atoms with Crippen LogP contribution < -0.4 is 0 Å². The van der Waals surface area contributed by atoms with E-state index in [1.807, 2.05) is 0 Å². The predicted octanol–water partition coefficient (Wildman–Crippen LogP) is 12.2. The second-order valence-electron chi connectivity index (χ2n) is 11.7. The lowest BCUT2D eigenvalue weighted by Crippen LogP contribution is -2.64. The van der Waals surface area contributed by atoms with E-state index in [4.69, 9.17) is 11.6 Å². The van der Waals surface area contributed by atoms with Crippen LogP contribution in [0, 0.1) is 47.3 Å². The molecule has 0 saturated carbocycles. The van der Waals surface area contributed by atoms with Gasteiger partial charge in [-0.15, -0.1) is 11.6 Å². The van der Waals surface area contributed by atoms with Gasteiger partial charge in [0.1, 0.15) is 5.54 Å². The number of hydrogen-bond donors (Lipinski definition) is 0. The Balaban J connectivity index is 9.37. The average Bonchev–Trinajstić information content (AvgIpc) is 2.91. The van der Waals surface area contributed by atoms with Crippen LogP contribution in [0.15, 0.2) is 0 Å². The molecule has 0 rings (SSSR count). The maximum atomic E-state index is 14.6. The monoisotopic (exact) mass is 936 g/mol. The van der Waals surface area contributed by atoms with Crippen molar-refractivity contribution in [3.05, 3.63) is 0 Å². The third-order valence-corrected chi connectivity index (χ3v) is 11.8.